The quantitative estimate of drug-likeness (QED) is 0.537. The van der Waals surface area contributed by atoms with Crippen molar-refractivity contribution in [3.8, 4) is 5.75 Å². The van der Waals surface area contributed by atoms with Crippen LogP contribution in [0.4, 0.5) is 11.5 Å². The van der Waals surface area contributed by atoms with Gasteiger partial charge in [0.15, 0.2) is 0 Å². The number of amides is 2. The van der Waals surface area contributed by atoms with Crippen LogP contribution in [-0.2, 0) is 4.79 Å². The molecule has 2 amide bonds. The van der Waals surface area contributed by atoms with Crippen LogP contribution in [0.1, 0.15) is 37.2 Å². The van der Waals surface area contributed by atoms with Crippen LogP contribution in [0.3, 0.4) is 0 Å². The van der Waals surface area contributed by atoms with Gasteiger partial charge >= 0.3 is 0 Å². The Labute approximate surface area is 197 Å². The minimum Gasteiger partial charge on any atom is -0.497 e. The van der Waals surface area contributed by atoms with E-state index in [-0.39, 0.29) is 17.6 Å². The molecule has 4 rings (SSSR count). The summed E-state index contributed by atoms with van der Waals surface area (Å²) in [7, 11) is 1.56. The number of benzene rings is 1. The van der Waals surface area contributed by atoms with Gasteiger partial charge < -0.3 is 24.7 Å². The third-order valence-corrected chi connectivity index (χ3v) is 6.17. The van der Waals surface area contributed by atoms with Crippen molar-refractivity contribution in [2.45, 2.75) is 32.7 Å². The average Bonchev–Trinajstić information content (AvgIpc) is 3.18. The zero-order valence-corrected chi connectivity index (χ0v) is 19.6. The van der Waals surface area contributed by atoms with Crippen LogP contribution in [0.2, 0.25) is 5.02 Å². The molecule has 33 heavy (non-hydrogen) atoms. The number of hydrogen-bond donors (Lipinski definition) is 2. The summed E-state index contributed by atoms with van der Waals surface area (Å²) in [5.41, 5.74) is 0.793. The van der Waals surface area contributed by atoms with Gasteiger partial charge in [-0.2, -0.15) is 0 Å². The first-order valence-corrected chi connectivity index (χ1v) is 11.3. The Hall–Kier alpha value is -3.10. The molecule has 0 bridgehead atoms. The number of likely N-dealkylation sites (tertiary alicyclic amines) is 1. The van der Waals surface area contributed by atoms with E-state index < -0.39 is 5.91 Å². The van der Waals surface area contributed by atoms with Gasteiger partial charge in [-0.1, -0.05) is 11.6 Å². The van der Waals surface area contributed by atoms with Crippen molar-refractivity contribution in [2.24, 2.45) is 5.92 Å². The smallest absolute Gasteiger partial charge is 0.294 e. The summed E-state index contributed by atoms with van der Waals surface area (Å²) in [6.45, 7) is 6.05. The Balaban J connectivity index is 1.61. The number of hydrogen-bond acceptors (Lipinski definition) is 6. The molecule has 1 fully saturated rings. The number of piperidine rings is 1. The number of carbonyl (C=O) groups is 2. The lowest BCUT2D eigenvalue weighted by atomic mass is 9.95. The Morgan fingerprint density at radius 2 is 1.94 bits per heavy atom. The van der Waals surface area contributed by atoms with E-state index in [4.69, 9.17) is 20.8 Å². The number of nitrogens with zero attached hydrogens (tertiary/aromatic N) is 2. The first kappa shape index (κ1) is 23.1. The zero-order chi connectivity index (χ0) is 23.5. The van der Waals surface area contributed by atoms with E-state index in [1.807, 2.05) is 0 Å². The molecule has 9 heteroatoms. The van der Waals surface area contributed by atoms with Crippen LogP contribution >= 0.6 is 11.6 Å². The fraction of sp³-hybridized carbons (Fsp3) is 0.375. The maximum atomic E-state index is 13.1. The van der Waals surface area contributed by atoms with Crippen molar-refractivity contribution in [3.63, 3.8) is 0 Å². The van der Waals surface area contributed by atoms with E-state index >= 15 is 0 Å². The van der Waals surface area contributed by atoms with Crippen molar-refractivity contribution in [1.29, 1.82) is 0 Å². The molecule has 8 nitrogen and oxygen atoms in total. The normalized spacial score (nSPS) is 15.1. The molecular weight excluding hydrogens is 444 g/mol. The van der Waals surface area contributed by atoms with Gasteiger partial charge in [0.2, 0.25) is 11.7 Å². The van der Waals surface area contributed by atoms with E-state index in [0.717, 1.165) is 25.9 Å². The summed E-state index contributed by atoms with van der Waals surface area (Å²) >= 11 is 5.87. The van der Waals surface area contributed by atoms with Gasteiger partial charge in [-0.15, -0.1) is 0 Å². The van der Waals surface area contributed by atoms with Crippen molar-refractivity contribution >= 4 is 45.9 Å². The molecular formula is C24H27ClN4O4. The van der Waals surface area contributed by atoms with Gasteiger partial charge in [0.25, 0.3) is 5.91 Å². The highest BCUT2D eigenvalue weighted by atomic mass is 35.5. The highest BCUT2D eigenvalue weighted by Crippen LogP contribution is 2.35. The molecule has 0 radical (unpaired) electrons. The molecule has 1 aromatic carbocycles. The van der Waals surface area contributed by atoms with Crippen LogP contribution in [0.15, 0.2) is 40.9 Å². The lowest BCUT2D eigenvalue weighted by Gasteiger charge is -2.33. The van der Waals surface area contributed by atoms with Crippen LogP contribution in [0.5, 0.6) is 5.75 Å². The third kappa shape index (κ3) is 5.12. The number of methoxy groups -OCH3 is 1. The Bertz CT molecular complexity index is 1150. The molecule has 1 saturated heterocycles. The van der Waals surface area contributed by atoms with Gasteiger partial charge in [0, 0.05) is 23.5 Å². The summed E-state index contributed by atoms with van der Waals surface area (Å²) in [5.74, 6) is 0.135. The topological polar surface area (TPSA) is 96.7 Å². The Morgan fingerprint density at radius 3 is 2.58 bits per heavy atom. The highest BCUT2D eigenvalue weighted by Gasteiger charge is 2.29. The van der Waals surface area contributed by atoms with E-state index in [1.165, 1.54) is 6.20 Å². The molecule has 0 saturated carbocycles. The van der Waals surface area contributed by atoms with E-state index in [1.54, 1.807) is 37.4 Å². The molecule has 1 aliphatic rings. The first-order chi connectivity index (χ1) is 15.9. The molecule has 0 atom stereocenters. The largest absolute Gasteiger partial charge is 0.497 e. The van der Waals surface area contributed by atoms with Crippen molar-refractivity contribution in [1.82, 2.24) is 9.88 Å². The standard InChI is InChI=1S/C24H27ClN4O4/c1-14(2)29-10-8-15(9-11-29)23(30)28-21-18-12-17(32-3)5-6-19(18)33-22(21)24(31)27-20-7-4-16(25)13-26-20/h4-7,12-15H,8-11H2,1-3H3,(H,28,30)(H,26,27,31). The molecule has 0 unspecified atom stereocenters. The van der Waals surface area contributed by atoms with Crippen molar-refractivity contribution in [2.75, 3.05) is 30.8 Å². The minimum atomic E-state index is -0.523. The van der Waals surface area contributed by atoms with Crippen LogP contribution < -0.4 is 15.4 Å². The highest BCUT2D eigenvalue weighted by molar-refractivity contribution is 6.30. The number of pyridine rings is 1. The van der Waals surface area contributed by atoms with Crippen LogP contribution in [0.25, 0.3) is 11.0 Å². The zero-order valence-electron chi connectivity index (χ0n) is 18.9. The summed E-state index contributed by atoms with van der Waals surface area (Å²) in [4.78, 5) is 32.7. The Kier molecular flexibility index (Phi) is 6.85. The number of fused-ring (bicyclic) bond motifs is 1. The number of anilines is 2. The van der Waals surface area contributed by atoms with Crippen LogP contribution in [-0.4, -0.2) is 47.9 Å². The summed E-state index contributed by atoms with van der Waals surface area (Å²) in [6.07, 6.45) is 2.96. The fourth-order valence-electron chi connectivity index (χ4n) is 4.01. The molecule has 2 aromatic heterocycles. The number of carbonyl (C=O) groups excluding carboxylic acids is 2. The second-order valence-electron chi connectivity index (χ2n) is 8.38. The minimum absolute atomic E-state index is 0.00275. The molecule has 3 aromatic rings. The predicted octanol–water partition coefficient (Wildman–Crippen LogP) is 4.80. The number of ether oxygens (including phenoxy) is 1. The number of furan rings is 1. The second-order valence-corrected chi connectivity index (χ2v) is 8.81. The number of nitrogens with one attached hydrogen (secondary N) is 2. The van der Waals surface area contributed by atoms with E-state index in [2.05, 4.69) is 34.4 Å². The molecule has 0 aliphatic carbocycles. The lowest BCUT2D eigenvalue weighted by molar-refractivity contribution is -0.121. The number of aromatic nitrogens is 1. The van der Waals surface area contributed by atoms with Gasteiger partial charge in [-0.25, -0.2) is 4.98 Å². The maximum Gasteiger partial charge on any atom is 0.294 e. The maximum absolute atomic E-state index is 13.1. The third-order valence-electron chi connectivity index (χ3n) is 5.95. The lowest BCUT2D eigenvalue weighted by Crippen LogP contribution is -2.41. The molecule has 1 aliphatic heterocycles. The summed E-state index contributed by atoms with van der Waals surface area (Å²) in [5, 5.41) is 6.71. The first-order valence-electron chi connectivity index (χ1n) is 10.9. The van der Waals surface area contributed by atoms with E-state index in [9.17, 15) is 9.59 Å². The second kappa shape index (κ2) is 9.80. The van der Waals surface area contributed by atoms with Crippen molar-refractivity contribution < 1.29 is 18.7 Å². The van der Waals surface area contributed by atoms with Gasteiger partial charge in [-0.05, 0) is 70.1 Å². The van der Waals surface area contributed by atoms with E-state index in [0.29, 0.717) is 39.3 Å². The van der Waals surface area contributed by atoms with Crippen molar-refractivity contribution in [3.05, 3.63) is 47.3 Å². The SMILES string of the molecule is COc1ccc2oc(C(=O)Nc3ccc(Cl)cn3)c(NC(=O)C3CCN(C(C)C)CC3)c2c1. The number of rotatable bonds is 6. The molecule has 3 heterocycles. The number of halogens is 1. The molecule has 2 N–H and O–H groups in total. The van der Waals surface area contributed by atoms with Gasteiger partial charge in [-0.3, -0.25) is 9.59 Å². The fourth-order valence-corrected chi connectivity index (χ4v) is 4.13. The average molecular weight is 471 g/mol. The molecule has 0 spiro atoms. The predicted molar refractivity (Wildman–Crippen MR) is 128 cm³/mol. The van der Waals surface area contributed by atoms with Gasteiger partial charge in [0.1, 0.15) is 22.8 Å². The molecule has 174 valence electrons. The monoisotopic (exact) mass is 470 g/mol. The summed E-state index contributed by atoms with van der Waals surface area (Å²) in [6, 6.07) is 8.86. The van der Waals surface area contributed by atoms with Gasteiger partial charge in [0.05, 0.1) is 12.1 Å². The summed E-state index contributed by atoms with van der Waals surface area (Å²) < 4.78 is 11.2. The Morgan fingerprint density at radius 1 is 1.18 bits per heavy atom. The van der Waals surface area contributed by atoms with Crippen LogP contribution in [0, 0.1) is 5.92 Å².